The third kappa shape index (κ3) is 4.13. The van der Waals surface area contributed by atoms with E-state index in [9.17, 15) is 0 Å². The standard InChI is InChI=1S/C18H18N2O2S/c1-3-23-16-9-7-15(8-10-16)21-12-17-19-20-18(22-17)14-6-4-5-13(2)11-14/h4-11H,3,12H2,1-2H3. The second kappa shape index (κ2) is 7.33. The maximum atomic E-state index is 5.69. The first kappa shape index (κ1) is 15.6. The number of aryl methyl sites for hydroxylation is 1. The van der Waals surface area contributed by atoms with Gasteiger partial charge < -0.3 is 9.15 Å². The van der Waals surface area contributed by atoms with Crippen LogP contribution in [0.25, 0.3) is 11.5 Å². The number of hydrogen-bond donors (Lipinski definition) is 0. The van der Waals surface area contributed by atoms with Crippen molar-refractivity contribution in [3.05, 3.63) is 60.0 Å². The number of aromatic nitrogens is 2. The molecule has 118 valence electrons. The van der Waals surface area contributed by atoms with Crippen LogP contribution in [0.3, 0.4) is 0 Å². The molecule has 0 atom stereocenters. The Kier molecular flexibility index (Phi) is 4.98. The van der Waals surface area contributed by atoms with E-state index in [1.165, 1.54) is 4.90 Å². The molecular weight excluding hydrogens is 308 g/mol. The molecule has 0 aliphatic heterocycles. The summed E-state index contributed by atoms with van der Waals surface area (Å²) in [6.45, 7) is 4.43. The molecule has 0 unspecified atom stereocenters. The Bertz CT molecular complexity index is 769. The van der Waals surface area contributed by atoms with Gasteiger partial charge in [0, 0.05) is 10.5 Å². The van der Waals surface area contributed by atoms with Crippen molar-refractivity contribution in [1.82, 2.24) is 10.2 Å². The molecule has 2 aromatic carbocycles. The van der Waals surface area contributed by atoms with Crippen molar-refractivity contribution < 1.29 is 9.15 Å². The fraction of sp³-hybridized carbons (Fsp3) is 0.222. The van der Waals surface area contributed by atoms with Crippen LogP contribution in [0.4, 0.5) is 0 Å². The second-order valence-corrected chi connectivity index (χ2v) is 6.40. The average Bonchev–Trinajstić information content (AvgIpc) is 3.04. The van der Waals surface area contributed by atoms with Gasteiger partial charge in [-0.2, -0.15) is 0 Å². The molecule has 0 spiro atoms. The lowest BCUT2D eigenvalue weighted by Gasteiger charge is -2.04. The normalized spacial score (nSPS) is 10.7. The second-order valence-electron chi connectivity index (χ2n) is 5.06. The van der Waals surface area contributed by atoms with Gasteiger partial charge in [-0.3, -0.25) is 0 Å². The zero-order chi connectivity index (χ0) is 16.1. The summed E-state index contributed by atoms with van der Waals surface area (Å²) < 4.78 is 11.3. The first-order chi connectivity index (χ1) is 11.2. The highest BCUT2D eigenvalue weighted by Crippen LogP contribution is 2.22. The Labute approximate surface area is 139 Å². The van der Waals surface area contributed by atoms with Gasteiger partial charge in [-0.25, -0.2) is 0 Å². The fourth-order valence-electron chi connectivity index (χ4n) is 2.15. The molecule has 0 fully saturated rings. The molecule has 0 N–H and O–H groups in total. The fourth-order valence-corrected chi connectivity index (χ4v) is 2.81. The van der Waals surface area contributed by atoms with E-state index in [1.54, 1.807) is 11.8 Å². The van der Waals surface area contributed by atoms with E-state index in [1.807, 2.05) is 43.3 Å². The van der Waals surface area contributed by atoms with E-state index in [-0.39, 0.29) is 6.61 Å². The minimum Gasteiger partial charge on any atom is -0.484 e. The zero-order valence-electron chi connectivity index (χ0n) is 13.2. The molecule has 23 heavy (non-hydrogen) atoms. The monoisotopic (exact) mass is 326 g/mol. The van der Waals surface area contributed by atoms with Gasteiger partial charge in [0.05, 0.1) is 0 Å². The maximum Gasteiger partial charge on any atom is 0.254 e. The minimum absolute atomic E-state index is 0.263. The smallest absolute Gasteiger partial charge is 0.254 e. The van der Waals surface area contributed by atoms with Crippen LogP contribution in [0.2, 0.25) is 0 Å². The van der Waals surface area contributed by atoms with E-state index in [0.717, 1.165) is 22.6 Å². The molecule has 4 nitrogen and oxygen atoms in total. The molecule has 3 aromatic rings. The number of hydrogen-bond acceptors (Lipinski definition) is 5. The Morgan fingerprint density at radius 1 is 1.09 bits per heavy atom. The number of benzene rings is 2. The quantitative estimate of drug-likeness (QED) is 0.613. The van der Waals surface area contributed by atoms with Crippen molar-refractivity contribution in [2.45, 2.75) is 25.3 Å². The highest BCUT2D eigenvalue weighted by Gasteiger charge is 2.09. The lowest BCUT2D eigenvalue weighted by Crippen LogP contribution is -1.95. The van der Waals surface area contributed by atoms with Crippen LogP contribution in [-0.2, 0) is 6.61 Å². The van der Waals surface area contributed by atoms with Crippen LogP contribution < -0.4 is 4.74 Å². The van der Waals surface area contributed by atoms with Crippen LogP contribution in [0.5, 0.6) is 5.75 Å². The topological polar surface area (TPSA) is 48.2 Å². The van der Waals surface area contributed by atoms with Crippen molar-refractivity contribution in [1.29, 1.82) is 0 Å². The first-order valence-electron chi connectivity index (χ1n) is 7.49. The first-order valence-corrected chi connectivity index (χ1v) is 8.48. The van der Waals surface area contributed by atoms with E-state index in [4.69, 9.17) is 9.15 Å². The number of thioether (sulfide) groups is 1. The summed E-state index contributed by atoms with van der Waals surface area (Å²) in [6.07, 6.45) is 0. The maximum absolute atomic E-state index is 5.69. The molecule has 0 saturated carbocycles. The summed E-state index contributed by atoms with van der Waals surface area (Å²) in [6, 6.07) is 16.0. The van der Waals surface area contributed by atoms with Gasteiger partial charge in [0.2, 0.25) is 5.89 Å². The summed E-state index contributed by atoms with van der Waals surface area (Å²) in [4.78, 5) is 1.24. The molecular formula is C18H18N2O2S. The van der Waals surface area contributed by atoms with Gasteiger partial charge in [-0.05, 0) is 49.1 Å². The largest absolute Gasteiger partial charge is 0.484 e. The summed E-state index contributed by atoms with van der Waals surface area (Å²) in [5.74, 6) is 2.83. The Morgan fingerprint density at radius 3 is 2.65 bits per heavy atom. The minimum atomic E-state index is 0.263. The third-order valence-electron chi connectivity index (χ3n) is 3.23. The summed E-state index contributed by atoms with van der Waals surface area (Å²) in [5.41, 5.74) is 2.08. The van der Waals surface area contributed by atoms with Gasteiger partial charge >= 0.3 is 0 Å². The van der Waals surface area contributed by atoms with Crippen LogP contribution >= 0.6 is 11.8 Å². The van der Waals surface area contributed by atoms with Crippen molar-refractivity contribution in [2.24, 2.45) is 0 Å². The van der Waals surface area contributed by atoms with Crippen LogP contribution in [-0.4, -0.2) is 16.0 Å². The van der Waals surface area contributed by atoms with Crippen LogP contribution in [0.15, 0.2) is 57.8 Å². The summed E-state index contributed by atoms with van der Waals surface area (Å²) in [5, 5.41) is 8.12. The molecule has 5 heteroatoms. The van der Waals surface area contributed by atoms with Gasteiger partial charge in [0.25, 0.3) is 5.89 Å². The molecule has 1 heterocycles. The van der Waals surface area contributed by atoms with Gasteiger partial charge in [0.15, 0.2) is 6.61 Å². The Balaban J connectivity index is 1.63. The lowest BCUT2D eigenvalue weighted by atomic mass is 10.1. The Hall–Kier alpha value is -2.27. The SMILES string of the molecule is CCSc1ccc(OCc2nnc(-c3cccc(C)c3)o2)cc1. The predicted octanol–water partition coefficient (Wildman–Crippen LogP) is 4.74. The van der Waals surface area contributed by atoms with Crippen molar-refractivity contribution in [3.63, 3.8) is 0 Å². The predicted molar refractivity (Wildman–Crippen MR) is 91.6 cm³/mol. The van der Waals surface area contributed by atoms with Gasteiger partial charge in [0.1, 0.15) is 5.75 Å². The lowest BCUT2D eigenvalue weighted by molar-refractivity contribution is 0.264. The highest BCUT2D eigenvalue weighted by atomic mass is 32.2. The summed E-state index contributed by atoms with van der Waals surface area (Å²) >= 11 is 1.80. The average molecular weight is 326 g/mol. The number of ether oxygens (including phenoxy) is 1. The van der Waals surface area contributed by atoms with Crippen LogP contribution in [0.1, 0.15) is 18.4 Å². The molecule has 0 bridgehead atoms. The molecule has 3 rings (SSSR count). The van der Waals surface area contributed by atoms with Gasteiger partial charge in [-0.1, -0.05) is 24.6 Å². The van der Waals surface area contributed by atoms with Crippen molar-refractivity contribution >= 4 is 11.8 Å². The van der Waals surface area contributed by atoms with Crippen molar-refractivity contribution in [2.75, 3.05) is 5.75 Å². The Morgan fingerprint density at radius 2 is 1.91 bits per heavy atom. The van der Waals surface area contributed by atoms with E-state index < -0.39 is 0 Å². The van der Waals surface area contributed by atoms with E-state index in [2.05, 4.69) is 29.3 Å². The van der Waals surface area contributed by atoms with Crippen LogP contribution in [0, 0.1) is 6.92 Å². The van der Waals surface area contributed by atoms with E-state index >= 15 is 0 Å². The molecule has 0 radical (unpaired) electrons. The molecule has 0 saturated heterocycles. The molecule has 1 aromatic heterocycles. The summed E-state index contributed by atoms with van der Waals surface area (Å²) in [7, 11) is 0. The third-order valence-corrected chi connectivity index (χ3v) is 4.12. The van der Waals surface area contributed by atoms with E-state index in [0.29, 0.717) is 11.8 Å². The molecule has 0 aliphatic rings. The molecule has 0 aliphatic carbocycles. The zero-order valence-corrected chi connectivity index (χ0v) is 14.0. The highest BCUT2D eigenvalue weighted by molar-refractivity contribution is 7.99. The number of nitrogens with zero attached hydrogens (tertiary/aromatic N) is 2. The van der Waals surface area contributed by atoms with Crippen molar-refractivity contribution in [3.8, 4) is 17.2 Å². The number of rotatable bonds is 6. The van der Waals surface area contributed by atoms with Gasteiger partial charge in [-0.15, -0.1) is 22.0 Å². The molecule has 0 amide bonds.